The fourth-order valence-corrected chi connectivity index (χ4v) is 1.63. The molecule has 0 saturated carbocycles. The number of anilines is 1. The summed E-state index contributed by atoms with van der Waals surface area (Å²) in [6.07, 6.45) is 0.803. The van der Waals surface area contributed by atoms with Gasteiger partial charge >= 0.3 is 5.97 Å². The minimum absolute atomic E-state index is 0.0194. The molecular formula is C12H10F2N4O3. The van der Waals surface area contributed by atoms with Gasteiger partial charge in [0.1, 0.15) is 6.33 Å². The van der Waals surface area contributed by atoms with Crippen molar-refractivity contribution in [3.63, 3.8) is 0 Å². The van der Waals surface area contributed by atoms with E-state index in [1.165, 1.54) is 0 Å². The number of nitrogens with zero attached hydrogens (tertiary/aromatic N) is 3. The fraction of sp³-hybridized carbons (Fsp3) is 0.167. The van der Waals surface area contributed by atoms with Crippen LogP contribution in [0, 0.1) is 11.6 Å². The zero-order valence-electron chi connectivity index (χ0n) is 10.6. The van der Waals surface area contributed by atoms with Crippen LogP contribution in [0.1, 0.15) is 16.8 Å². The second-order valence-corrected chi connectivity index (χ2v) is 4.04. The Morgan fingerprint density at radius 3 is 2.62 bits per heavy atom. The first kappa shape index (κ1) is 14.6. The molecule has 7 nitrogen and oxygen atoms in total. The highest BCUT2D eigenvalue weighted by Gasteiger charge is 2.22. The maximum absolute atomic E-state index is 13.2. The van der Waals surface area contributed by atoms with E-state index < -0.39 is 23.5 Å². The highest BCUT2D eigenvalue weighted by Crippen LogP contribution is 2.15. The molecule has 21 heavy (non-hydrogen) atoms. The highest BCUT2D eigenvalue weighted by atomic mass is 19.2. The molecule has 0 aliphatic heterocycles. The minimum atomic E-state index is -1.17. The molecule has 2 N–H and O–H groups in total. The van der Waals surface area contributed by atoms with Crippen LogP contribution < -0.4 is 4.90 Å². The number of carbonyl (C=O) groups is 2. The van der Waals surface area contributed by atoms with E-state index in [0.29, 0.717) is 0 Å². The molecule has 0 unspecified atom stereocenters. The SMILES string of the molecule is O=C(O)CCN(C(=O)c1ccc(F)c(F)c1)c1ncn[nH]1. The highest BCUT2D eigenvalue weighted by molar-refractivity contribution is 6.05. The Morgan fingerprint density at radius 1 is 1.29 bits per heavy atom. The standard InChI is InChI=1S/C12H10F2N4O3/c13-8-2-1-7(5-9(8)14)11(21)18(4-3-10(19)20)12-15-6-16-17-12/h1-2,5-6H,3-4H2,(H,19,20)(H,15,16,17). The average Bonchev–Trinajstić information content (AvgIpc) is 2.95. The van der Waals surface area contributed by atoms with E-state index in [-0.39, 0.29) is 24.5 Å². The summed E-state index contributed by atoms with van der Waals surface area (Å²) >= 11 is 0. The van der Waals surface area contributed by atoms with Gasteiger partial charge in [-0.05, 0) is 18.2 Å². The van der Waals surface area contributed by atoms with Crippen molar-refractivity contribution < 1.29 is 23.5 Å². The summed E-state index contributed by atoms with van der Waals surface area (Å²) in [6.45, 7) is -0.192. The number of carboxylic acid groups (broad SMARTS) is 1. The molecule has 0 spiro atoms. The number of halogens is 2. The maximum atomic E-state index is 13.2. The Kier molecular flexibility index (Phi) is 4.21. The summed E-state index contributed by atoms with van der Waals surface area (Å²) in [5, 5.41) is 14.7. The average molecular weight is 296 g/mol. The van der Waals surface area contributed by atoms with Gasteiger partial charge in [-0.2, -0.15) is 10.1 Å². The largest absolute Gasteiger partial charge is 0.481 e. The third-order valence-corrected chi connectivity index (χ3v) is 2.62. The topological polar surface area (TPSA) is 99.2 Å². The van der Waals surface area contributed by atoms with E-state index in [0.717, 1.165) is 29.4 Å². The summed E-state index contributed by atoms with van der Waals surface area (Å²) in [5.41, 5.74) is -0.129. The Balaban J connectivity index is 2.29. The molecule has 1 aromatic carbocycles. The van der Waals surface area contributed by atoms with Gasteiger partial charge in [0.05, 0.1) is 6.42 Å². The third kappa shape index (κ3) is 3.38. The van der Waals surface area contributed by atoms with Crippen molar-refractivity contribution in [3.05, 3.63) is 41.7 Å². The second kappa shape index (κ2) is 6.07. The maximum Gasteiger partial charge on any atom is 0.305 e. The molecule has 0 saturated heterocycles. The first-order chi connectivity index (χ1) is 9.99. The number of hydrogen-bond acceptors (Lipinski definition) is 4. The fourth-order valence-electron chi connectivity index (χ4n) is 1.63. The summed E-state index contributed by atoms with van der Waals surface area (Å²) in [7, 11) is 0. The molecule has 0 atom stereocenters. The first-order valence-electron chi connectivity index (χ1n) is 5.83. The van der Waals surface area contributed by atoms with E-state index in [1.807, 2.05) is 0 Å². The second-order valence-electron chi connectivity index (χ2n) is 4.04. The lowest BCUT2D eigenvalue weighted by Gasteiger charge is -2.18. The van der Waals surface area contributed by atoms with Crippen molar-refractivity contribution in [1.29, 1.82) is 0 Å². The van der Waals surface area contributed by atoms with Gasteiger partial charge in [0.2, 0.25) is 5.95 Å². The van der Waals surface area contributed by atoms with E-state index in [1.54, 1.807) is 0 Å². The molecule has 1 aromatic heterocycles. The van der Waals surface area contributed by atoms with E-state index in [4.69, 9.17) is 5.11 Å². The molecule has 2 aromatic rings. The van der Waals surface area contributed by atoms with Crippen molar-refractivity contribution in [1.82, 2.24) is 15.2 Å². The van der Waals surface area contributed by atoms with Gasteiger partial charge in [-0.1, -0.05) is 0 Å². The van der Waals surface area contributed by atoms with Gasteiger partial charge in [-0.15, -0.1) is 0 Å². The molecule has 0 aliphatic rings. The zero-order valence-corrected chi connectivity index (χ0v) is 10.6. The lowest BCUT2D eigenvalue weighted by molar-refractivity contribution is -0.136. The van der Waals surface area contributed by atoms with Gasteiger partial charge in [0.15, 0.2) is 11.6 Å². The van der Waals surface area contributed by atoms with Crippen LogP contribution in [-0.4, -0.2) is 38.7 Å². The predicted molar refractivity (Wildman–Crippen MR) is 66.7 cm³/mol. The van der Waals surface area contributed by atoms with Crippen LogP contribution in [0.2, 0.25) is 0 Å². The van der Waals surface area contributed by atoms with Crippen LogP contribution >= 0.6 is 0 Å². The van der Waals surface area contributed by atoms with Crippen molar-refractivity contribution >= 4 is 17.8 Å². The van der Waals surface area contributed by atoms with Gasteiger partial charge in [0, 0.05) is 12.1 Å². The Hall–Kier alpha value is -2.84. The van der Waals surface area contributed by atoms with Crippen molar-refractivity contribution in [2.45, 2.75) is 6.42 Å². The van der Waals surface area contributed by atoms with Crippen molar-refractivity contribution in [3.8, 4) is 0 Å². The van der Waals surface area contributed by atoms with Gasteiger partial charge in [0.25, 0.3) is 5.91 Å². The number of aromatic amines is 1. The number of carboxylic acids is 1. The third-order valence-electron chi connectivity index (χ3n) is 2.62. The number of nitrogens with one attached hydrogen (secondary N) is 1. The molecule has 9 heteroatoms. The van der Waals surface area contributed by atoms with Crippen LogP contribution in [0.25, 0.3) is 0 Å². The number of amides is 1. The quantitative estimate of drug-likeness (QED) is 0.863. The molecule has 0 bridgehead atoms. The van der Waals surface area contributed by atoms with Crippen LogP contribution in [-0.2, 0) is 4.79 Å². The molecule has 0 fully saturated rings. The lowest BCUT2D eigenvalue weighted by Crippen LogP contribution is -2.34. The summed E-state index contributed by atoms with van der Waals surface area (Å²) < 4.78 is 26.1. The number of carbonyl (C=O) groups excluding carboxylic acids is 1. The summed E-state index contributed by atoms with van der Waals surface area (Å²) in [4.78, 5) is 27.7. The number of benzene rings is 1. The van der Waals surface area contributed by atoms with Crippen molar-refractivity contribution in [2.24, 2.45) is 0 Å². The monoisotopic (exact) mass is 296 g/mol. The Bertz CT molecular complexity index is 661. The first-order valence-corrected chi connectivity index (χ1v) is 5.83. The van der Waals surface area contributed by atoms with Crippen LogP contribution in [0.4, 0.5) is 14.7 Å². The Morgan fingerprint density at radius 2 is 2.05 bits per heavy atom. The molecule has 0 radical (unpaired) electrons. The van der Waals surface area contributed by atoms with E-state index in [9.17, 15) is 18.4 Å². The van der Waals surface area contributed by atoms with E-state index >= 15 is 0 Å². The molecular weight excluding hydrogens is 286 g/mol. The van der Waals surface area contributed by atoms with Gasteiger partial charge in [-0.3, -0.25) is 14.5 Å². The van der Waals surface area contributed by atoms with Crippen LogP contribution in [0.5, 0.6) is 0 Å². The number of hydrogen-bond donors (Lipinski definition) is 2. The van der Waals surface area contributed by atoms with E-state index in [2.05, 4.69) is 15.2 Å². The van der Waals surface area contributed by atoms with Crippen molar-refractivity contribution in [2.75, 3.05) is 11.4 Å². The normalized spacial score (nSPS) is 10.4. The zero-order chi connectivity index (χ0) is 15.4. The predicted octanol–water partition coefficient (Wildman–Crippen LogP) is 1.20. The molecule has 0 aliphatic carbocycles. The number of aromatic nitrogens is 3. The number of aliphatic carboxylic acids is 1. The summed E-state index contributed by atoms with van der Waals surface area (Å²) in [6, 6.07) is 2.66. The number of rotatable bonds is 5. The summed E-state index contributed by atoms with van der Waals surface area (Å²) in [5.74, 6) is -4.06. The number of H-pyrrole nitrogens is 1. The molecule has 110 valence electrons. The lowest BCUT2D eigenvalue weighted by atomic mass is 10.2. The molecule has 1 heterocycles. The van der Waals surface area contributed by atoms with Crippen LogP contribution in [0.15, 0.2) is 24.5 Å². The van der Waals surface area contributed by atoms with Gasteiger partial charge in [-0.25, -0.2) is 13.9 Å². The van der Waals surface area contributed by atoms with Crippen LogP contribution in [0.3, 0.4) is 0 Å². The molecule has 2 rings (SSSR count). The minimum Gasteiger partial charge on any atom is -0.481 e. The Labute approximate surface area is 117 Å². The smallest absolute Gasteiger partial charge is 0.305 e. The van der Waals surface area contributed by atoms with Gasteiger partial charge < -0.3 is 5.11 Å². The molecule has 1 amide bonds.